The highest BCUT2D eigenvalue weighted by Gasteiger charge is 2.28. The van der Waals surface area contributed by atoms with Gasteiger partial charge >= 0.3 is 9.28 Å². The second kappa shape index (κ2) is 6.68. The summed E-state index contributed by atoms with van der Waals surface area (Å²) in [5, 5.41) is 0. The molecule has 0 aliphatic heterocycles. The van der Waals surface area contributed by atoms with Crippen LogP contribution in [0.5, 0.6) is 0 Å². The number of hydrogen-bond donors (Lipinski definition) is 0. The van der Waals surface area contributed by atoms with E-state index in [0.29, 0.717) is 5.92 Å². The van der Waals surface area contributed by atoms with Gasteiger partial charge < -0.3 is 8.85 Å². The first kappa shape index (κ1) is 13.2. The summed E-state index contributed by atoms with van der Waals surface area (Å²) in [6, 6.07) is 0.740. The van der Waals surface area contributed by atoms with Crippen molar-refractivity contribution >= 4 is 21.2 Å². The average Bonchev–Trinajstić information content (AvgIpc) is 2.16. The van der Waals surface area contributed by atoms with Gasteiger partial charge in [0, 0.05) is 19.9 Å². The summed E-state index contributed by atoms with van der Waals surface area (Å²) >= 11 is 0. The predicted molar refractivity (Wildman–Crippen MR) is 60.7 cm³/mol. The monoisotopic (exact) mass is 243 g/mol. The van der Waals surface area contributed by atoms with Gasteiger partial charge in [0.2, 0.25) is 0 Å². The Kier molecular flexibility index (Phi) is 5.52. The highest BCUT2D eigenvalue weighted by molar-refractivity contribution is 6.48. The SMILES string of the molecule is CC(=O)O[Si](CC1CCCCC1)OC(C)=O. The van der Waals surface area contributed by atoms with Gasteiger partial charge in [0.25, 0.3) is 11.9 Å². The Morgan fingerprint density at radius 3 is 2.00 bits per heavy atom. The molecule has 0 aromatic heterocycles. The van der Waals surface area contributed by atoms with Gasteiger partial charge in [0.05, 0.1) is 0 Å². The zero-order valence-electron chi connectivity index (χ0n) is 9.95. The van der Waals surface area contributed by atoms with Crippen LogP contribution >= 0.6 is 0 Å². The van der Waals surface area contributed by atoms with Gasteiger partial charge in [-0.05, 0) is 5.92 Å². The molecule has 0 spiro atoms. The zero-order valence-corrected chi connectivity index (χ0v) is 11.0. The Morgan fingerprint density at radius 2 is 1.56 bits per heavy atom. The molecule has 91 valence electrons. The topological polar surface area (TPSA) is 52.6 Å². The van der Waals surface area contributed by atoms with Crippen LogP contribution in [-0.2, 0) is 18.4 Å². The average molecular weight is 243 g/mol. The Hall–Kier alpha value is -0.843. The van der Waals surface area contributed by atoms with Crippen LogP contribution in [0.25, 0.3) is 0 Å². The van der Waals surface area contributed by atoms with Gasteiger partial charge in [-0.25, -0.2) is 0 Å². The molecule has 5 heteroatoms. The summed E-state index contributed by atoms with van der Waals surface area (Å²) in [6.45, 7) is 2.71. The van der Waals surface area contributed by atoms with Crippen molar-refractivity contribution in [3.8, 4) is 0 Å². The maximum Gasteiger partial charge on any atom is 0.536 e. The fourth-order valence-corrected chi connectivity index (χ4v) is 3.78. The lowest BCUT2D eigenvalue weighted by molar-refractivity contribution is -0.137. The van der Waals surface area contributed by atoms with Crippen LogP contribution in [-0.4, -0.2) is 21.2 Å². The smallest absolute Gasteiger partial charge is 0.483 e. The molecule has 4 nitrogen and oxygen atoms in total. The van der Waals surface area contributed by atoms with Crippen LogP contribution in [0.3, 0.4) is 0 Å². The summed E-state index contributed by atoms with van der Waals surface area (Å²) in [5.41, 5.74) is 0. The van der Waals surface area contributed by atoms with Crippen molar-refractivity contribution in [2.75, 3.05) is 0 Å². The van der Waals surface area contributed by atoms with Gasteiger partial charge in [-0.1, -0.05) is 32.1 Å². The summed E-state index contributed by atoms with van der Waals surface area (Å²) < 4.78 is 10.2. The molecule has 1 rings (SSSR count). The molecule has 1 aliphatic carbocycles. The zero-order chi connectivity index (χ0) is 12.0. The van der Waals surface area contributed by atoms with E-state index in [4.69, 9.17) is 8.85 Å². The third-order valence-electron chi connectivity index (χ3n) is 2.70. The Labute approximate surface area is 98.2 Å². The van der Waals surface area contributed by atoms with Crippen molar-refractivity contribution in [2.45, 2.75) is 52.0 Å². The number of rotatable bonds is 4. The van der Waals surface area contributed by atoms with Crippen LogP contribution in [0.15, 0.2) is 0 Å². The second-order valence-electron chi connectivity index (χ2n) is 4.27. The Bertz CT molecular complexity index is 232. The van der Waals surface area contributed by atoms with E-state index in [0.717, 1.165) is 18.9 Å². The van der Waals surface area contributed by atoms with Gasteiger partial charge in [-0.15, -0.1) is 0 Å². The molecule has 0 saturated heterocycles. The first-order valence-corrected chi connectivity index (χ1v) is 7.33. The van der Waals surface area contributed by atoms with Crippen molar-refractivity contribution in [2.24, 2.45) is 5.92 Å². The molecule has 1 radical (unpaired) electrons. The second-order valence-corrected chi connectivity index (χ2v) is 5.83. The minimum absolute atomic E-state index is 0.356. The molecule has 0 unspecified atom stereocenters. The van der Waals surface area contributed by atoms with Gasteiger partial charge in [-0.2, -0.15) is 0 Å². The first-order chi connectivity index (χ1) is 7.58. The molecule has 16 heavy (non-hydrogen) atoms. The minimum atomic E-state index is -1.74. The van der Waals surface area contributed by atoms with E-state index in [2.05, 4.69) is 0 Å². The quantitative estimate of drug-likeness (QED) is 0.710. The van der Waals surface area contributed by atoms with Crippen molar-refractivity contribution in [3.05, 3.63) is 0 Å². The minimum Gasteiger partial charge on any atom is -0.483 e. The van der Waals surface area contributed by atoms with E-state index in [9.17, 15) is 9.59 Å². The van der Waals surface area contributed by atoms with Crippen LogP contribution in [0, 0.1) is 5.92 Å². The third-order valence-corrected chi connectivity index (χ3v) is 4.64. The molecule has 0 heterocycles. The highest BCUT2D eigenvalue weighted by atomic mass is 28.3. The summed E-state index contributed by atoms with van der Waals surface area (Å²) in [4.78, 5) is 21.8. The fourth-order valence-electron chi connectivity index (χ4n) is 2.05. The van der Waals surface area contributed by atoms with Gasteiger partial charge in [0.15, 0.2) is 0 Å². The predicted octanol–water partition coefficient (Wildman–Crippen LogP) is 2.18. The molecular weight excluding hydrogens is 224 g/mol. The lowest BCUT2D eigenvalue weighted by Gasteiger charge is -2.23. The van der Waals surface area contributed by atoms with E-state index < -0.39 is 9.28 Å². The number of carbonyl (C=O) groups excluding carboxylic acids is 2. The van der Waals surface area contributed by atoms with Crippen LogP contribution in [0.1, 0.15) is 46.0 Å². The standard InChI is InChI=1S/C11H19O4Si/c1-9(12)14-16(15-10(2)13)8-11-6-4-3-5-7-11/h11H,3-8H2,1-2H3. The maximum absolute atomic E-state index is 10.9. The van der Waals surface area contributed by atoms with E-state index in [1.165, 1.54) is 33.1 Å². The summed E-state index contributed by atoms with van der Waals surface area (Å²) in [7, 11) is -1.74. The summed E-state index contributed by atoms with van der Waals surface area (Å²) in [5.74, 6) is -0.154. The van der Waals surface area contributed by atoms with Gasteiger partial charge in [-0.3, -0.25) is 9.59 Å². The molecular formula is C11H19O4Si. The lowest BCUT2D eigenvalue weighted by Crippen LogP contribution is -2.30. The molecule has 0 amide bonds. The molecule has 0 bridgehead atoms. The molecule has 0 aromatic carbocycles. The summed E-state index contributed by atoms with van der Waals surface area (Å²) in [6.07, 6.45) is 6.09. The van der Waals surface area contributed by atoms with E-state index in [1.54, 1.807) is 0 Å². The van der Waals surface area contributed by atoms with Crippen molar-refractivity contribution < 1.29 is 18.4 Å². The Morgan fingerprint density at radius 1 is 1.06 bits per heavy atom. The van der Waals surface area contributed by atoms with Crippen LogP contribution in [0.2, 0.25) is 6.04 Å². The number of carbonyl (C=O) groups is 2. The fraction of sp³-hybridized carbons (Fsp3) is 0.818. The first-order valence-electron chi connectivity index (χ1n) is 5.80. The molecule has 1 saturated carbocycles. The van der Waals surface area contributed by atoms with Gasteiger partial charge in [0.1, 0.15) is 0 Å². The molecule has 0 aromatic rings. The van der Waals surface area contributed by atoms with E-state index in [-0.39, 0.29) is 11.9 Å². The normalized spacial score (nSPS) is 17.2. The van der Waals surface area contributed by atoms with Crippen molar-refractivity contribution in [1.29, 1.82) is 0 Å². The van der Waals surface area contributed by atoms with Crippen LogP contribution < -0.4 is 0 Å². The number of hydrogen-bond acceptors (Lipinski definition) is 4. The van der Waals surface area contributed by atoms with E-state index >= 15 is 0 Å². The molecule has 1 aliphatic rings. The lowest BCUT2D eigenvalue weighted by atomic mass is 9.91. The Balaban J connectivity index is 2.40. The maximum atomic E-state index is 10.9. The third kappa shape index (κ3) is 5.30. The largest absolute Gasteiger partial charge is 0.536 e. The van der Waals surface area contributed by atoms with Crippen LogP contribution in [0.4, 0.5) is 0 Å². The molecule has 0 atom stereocenters. The van der Waals surface area contributed by atoms with Crippen molar-refractivity contribution in [1.82, 2.24) is 0 Å². The highest BCUT2D eigenvalue weighted by Crippen LogP contribution is 2.28. The molecule has 1 fully saturated rings. The molecule has 0 N–H and O–H groups in total. The van der Waals surface area contributed by atoms with E-state index in [1.807, 2.05) is 0 Å². The van der Waals surface area contributed by atoms with Crippen molar-refractivity contribution in [3.63, 3.8) is 0 Å².